The van der Waals surface area contributed by atoms with Gasteiger partial charge in [0.05, 0.1) is 12.0 Å². The lowest BCUT2D eigenvalue weighted by Crippen LogP contribution is -2.36. The molecule has 3 nitrogen and oxygen atoms in total. The highest BCUT2D eigenvalue weighted by molar-refractivity contribution is 7.98. The topological polar surface area (TPSA) is 52.9 Å². The molecule has 2 atom stereocenters. The third-order valence-electron chi connectivity index (χ3n) is 3.35. The molecule has 1 aliphatic carbocycles. The van der Waals surface area contributed by atoms with Crippen molar-refractivity contribution in [2.45, 2.75) is 30.2 Å². The molecule has 0 aliphatic heterocycles. The van der Waals surface area contributed by atoms with Gasteiger partial charge in [0.25, 0.3) is 5.91 Å². The molecule has 1 saturated carbocycles. The van der Waals surface area contributed by atoms with Gasteiger partial charge in [-0.15, -0.1) is 11.8 Å². The van der Waals surface area contributed by atoms with Crippen molar-refractivity contribution in [3.63, 3.8) is 0 Å². The summed E-state index contributed by atoms with van der Waals surface area (Å²) in [5.74, 6) is -0.103. The van der Waals surface area contributed by atoms with Crippen LogP contribution in [0.1, 0.15) is 29.6 Å². The van der Waals surface area contributed by atoms with Gasteiger partial charge in [0, 0.05) is 16.5 Å². The standard InChI is InChI=1S/C14H16N2OS/c1-18-12-7-5-10(6-8-12)14(17)16-13-4-2-3-11(13)9-15/h5-8,11,13H,2-4H2,1H3,(H,16,17). The lowest BCUT2D eigenvalue weighted by atomic mass is 10.1. The summed E-state index contributed by atoms with van der Waals surface area (Å²) in [7, 11) is 0. The fraction of sp³-hybridized carbons (Fsp3) is 0.429. The van der Waals surface area contributed by atoms with E-state index in [4.69, 9.17) is 5.26 Å². The third kappa shape index (κ3) is 2.85. The molecule has 1 N–H and O–H groups in total. The summed E-state index contributed by atoms with van der Waals surface area (Å²) in [5, 5.41) is 11.9. The van der Waals surface area contributed by atoms with Gasteiger partial charge in [0.15, 0.2) is 0 Å². The number of rotatable bonds is 3. The Labute approximate surface area is 112 Å². The number of nitrogens with zero attached hydrogens (tertiary/aromatic N) is 1. The minimum Gasteiger partial charge on any atom is -0.348 e. The predicted molar refractivity (Wildman–Crippen MR) is 72.4 cm³/mol. The minimum absolute atomic E-state index is 0.0164. The maximum absolute atomic E-state index is 12.0. The molecule has 18 heavy (non-hydrogen) atoms. The number of thioether (sulfide) groups is 1. The second kappa shape index (κ2) is 5.92. The molecule has 2 unspecified atom stereocenters. The number of nitrogens with one attached hydrogen (secondary N) is 1. The van der Waals surface area contributed by atoms with Gasteiger partial charge in [-0.2, -0.15) is 5.26 Å². The summed E-state index contributed by atoms with van der Waals surface area (Å²) in [5.41, 5.74) is 0.663. The van der Waals surface area contributed by atoms with Gasteiger partial charge < -0.3 is 5.32 Å². The Hall–Kier alpha value is -1.47. The molecule has 0 bridgehead atoms. The molecule has 94 valence electrons. The Morgan fingerprint density at radius 3 is 2.72 bits per heavy atom. The van der Waals surface area contributed by atoms with Crippen LogP contribution in [0, 0.1) is 17.2 Å². The van der Waals surface area contributed by atoms with Gasteiger partial charge in [0.2, 0.25) is 0 Å². The average Bonchev–Trinajstić information content (AvgIpc) is 2.86. The van der Waals surface area contributed by atoms with Crippen molar-refractivity contribution in [1.29, 1.82) is 5.26 Å². The Morgan fingerprint density at radius 1 is 1.39 bits per heavy atom. The largest absolute Gasteiger partial charge is 0.348 e. The zero-order valence-electron chi connectivity index (χ0n) is 10.3. The van der Waals surface area contributed by atoms with Crippen molar-refractivity contribution >= 4 is 17.7 Å². The van der Waals surface area contributed by atoms with E-state index < -0.39 is 0 Å². The maximum Gasteiger partial charge on any atom is 0.251 e. The van der Waals surface area contributed by atoms with Crippen LogP contribution in [0.25, 0.3) is 0 Å². The third-order valence-corrected chi connectivity index (χ3v) is 4.09. The van der Waals surface area contributed by atoms with Crippen LogP contribution in [0.3, 0.4) is 0 Å². The molecule has 2 rings (SSSR count). The van der Waals surface area contributed by atoms with Gasteiger partial charge >= 0.3 is 0 Å². The first-order valence-corrected chi connectivity index (χ1v) is 7.31. The van der Waals surface area contributed by atoms with E-state index in [1.165, 1.54) is 0 Å². The summed E-state index contributed by atoms with van der Waals surface area (Å²) in [6.07, 6.45) is 4.83. The SMILES string of the molecule is CSc1ccc(C(=O)NC2CCCC2C#N)cc1. The van der Waals surface area contributed by atoms with E-state index in [1.807, 2.05) is 30.5 Å². The number of hydrogen-bond acceptors (Lipinski definition) is 3. The molecule has 1 aromatic carbocycles. The maximum atomic E-state index is 12.0. The fourth-order valence-corrected chi connectivity index (χ4v) is 2.69. The number of benzene rings is 1. The summed E-state index contributed by atoms with van der Waals surface area (Å²) < 4.78 is 0. The Bertz CT molecular complexity index is 464. The van der Waals surface area contributed by atoms with E-state index in [0.29, 0.717) is 5.56 Å². The molecule has 1 fully saturated rings. The van der Waals surface area contributed by atoms with E-state index >= 15 is 0 Å². The van der Waals surface area contributed by atoms with Crippen LogP contribution in [0.15, 0.2) is 29.2 Å². The monoisotopic (exact) mass is 260 g/mol. The van der Waals surface area contributed by atoms with Crippen molar-refractivity contribution < 1.29 is 4.79 Å². The number of carbonyl (C=O) groups excluding carboxylic acids is 1. The number of hydrogen-bond donors (Lipinski definition) is 1. The second-order valence-corrected chi connectivity index (χ2v) is 5.35. The van der Waals surface area contributed by atoms with Crippen LogP contribution in [-0.4, -0.2) is 18.2 Å². The quantitative estimate of drug-likeness (QED) is 0.850. The highest BCUT2D eigenvalue weighted by Gasteiger charge is 2.28. The Kier molecular flexibility index (Phi) is 4.27. The smallest absolute Gasteiger partial charge is 0.251 e. The van der Waals surface area contributed by atoms with Crippen molar-refractivity contribution in [3.8, 4) is 6.07 Å². The number of amides is 1. The van der Waals surface area contributed by atoms with Crippen LogP contribution in [0.4, 0.5) is 0 Å². The van der Waals surface area contributed by atoms with E-state index in [1.54, 1.807) is 11.8 Å². The number of nitriles is 1. The van der Waals surface area contributed by atoms with E-state index in [2.05, 4.69) is 11.4 Å². The van der Waals surface area contributed by atoms with Crippen LogP contribution in [0.2, 0.25) is 0 Å². The van der Waals surface area contributed by atoms with Gasteiger partial charge in [-0.1, -0.05) is 0 Å². The zero-order chi connectivity index (χ0) is 13.0. The summed E-state index contributed by atoms with van der Waals surface area (Å²) >= 11 is 1.65. The van der Waals surface area contributed by atoms with Crippen molar-refractivity contribution in [1.82, 2.24) is 5.32 Å². The van der Waals surface area contributed by atoms with Crippen molar-refractivity contribution in [2.75, 3.05) is 6.26 Å². The Morgan fingerprint density at radius 2 is 2.11 bits per heavy atom. The van der Waals surface area contributed by atoms with Crippen LogP contribution in [-0.2, 0) is 0 Å². The minimum atomic E-state index is -0.0743. The first kappa shape index (κ1) is 13.0. The lowest BCUT2D eigenvalue weighted by Gasteiger charge is -2.15. The van der Waals surface area contributed by atoms with Crippen LogP contribution < -0.4 is 5.32 Å². The molecule has 0 radical (unpaired) electrons. The molecule has 1 aliphatic rings. The molecule has 1 amide bonds. The molecule has 4 heteroatoms. The summed E-state index contributed by atoms with van der Waals surface area (Å²) in [4.78, 5) is 13.2. The second-order valence-electron chi connectivity index (χ2n) is 4.47. The predicted octanol–water partition coefficient (Wildman–Crippen LogP) is 2.83. The van der Waals surface area contributed by atoms with Gasteiger partial charge in [-0.3, -0.25) is 4.79 Å². The molecular formula is C14H16N2OS. The highest BCUT2D eigenvalue weighted by atomic mass is 32.2. The van der Waals surface area contributed by atoms with Gasteiger partial charge in [0.1, 0.15) is 0 Å². The van der Waals surface area contributed by atoms with Crippen LogP contribution in [0.5, 0.6) is 0 Å². The lowest BCUT2D eigenvalue weighted by molar-refractivity contribution is 0.0933. The molecule has 0 spiro atoms. The van der Waals surface area contributed by atoms with Crippen LogP contribution >= 0.6 is 11.8 Å². The normalized spacial score (nSPS) is 22.4. The van der Waals surface area contributed by atoms with Gasteiger partial charge in [-0.05, 0) is 49.8 Å². The number of carbonyl (C=O) groups is 1. The average molecular weight is 260 g/mol. The molecule has 0 aromatic heterocycles. The summed E-state index contributed by atoms with van der Waals surface area (Å²) in [6.45, 7) is 0. The Balaban J connectivity index is 2.01. The van der Waals surface area contributed by atoms with E-state index in [0.717, 1.165) is 24.2 Å². The van der Waals surface area contributed by atoms with E-state index in [9.17, 15) is 4.79 Å². The molecular weight excluding hydrogens is 244 g/mol. The highest BCUT2D eigenvalue weighted by Crippen LogP contribution is 2.25. The molecule has 1 aromatic rings. The molecule has 0 heterocycles. The summed E-state index contributed by atoms with van der Waals surface area (Å²) in [6, 6.07) is 9.83. The van der Waals surface area contributed by atoms with Gasteiger partial charge in [-0.25, -0.2) is 0 Å². The first-order valence-electron chi connectivity index (χ1n) is 6.09. The molecule has 0 saturated heterocycles. The zero-order valence-corrected chi connectivity index (χ0v) is 11.2. The van der Waals surface area contributed by atoms with Crippen molar-refractivity contribution in [3.05, 3.63) is 29.8 Å². The van der Waals surface area contributed by atoms with E-state index in [-0.39, 0.29) is 17.9 Å². The van der Waals surface area contributed by atoms with Crippen molar-refractivity contribution in [2.24, 2.45) is 5.92 Å². The fourth-order valence-electron chi connectivity index (χ4n) is 2.28. The first-order chi connectivity index (χ1) is 8.74.